The molecule has 0 atom stereocenters. The Balaban J connectivity index is 1.35. The Kier molecular flexibility index (Phi) is 6.00. The number of H-pyrrole nitrogens is 1. The van der Waals surface area contributed by atoms with Crippen LogP contribution in [0.25, 0.3) is 0 Å². The van der Waals surface area contributed by atoms with E-state index >= 15 is 0 Å². The molecule has 1 saturated heterocycles. The van der Waals surface area contributed by atoms with Crippen molar-refractivity contribution in [3.05, 3.63) is 93.2 Å². The van der Waals surface area contributed by atoms with Gasteiger partial charge in [0.1, 0.15) is 0 Å². The molecule has 3 aromatic rings. The van der Waals surface area contributed by atoms with E-state index in [1.165, 1.54) is 0 Å². The third-order valence-electron chi connectivity index (χ3n) is 6.20. The predicted molar refractivity (Wildman–Crippen MR) is 120 cm³/mol. The first kappa shape index (κ1) is 21.0. The van der Waals surface area contributed by atoms with E-state index in [1.807, 2.05) is 36.6 Å². The van der Waals surface area contributed by atoms with Crippen LogP contribution in [0.15, 0.2) is 59.4 Å². The maximum atomic E-state index is 12.5. The second kappa shape index (κ2) is 8.86. The molecule has 0 amide bonds. The fourth-order valence-corrected chi connectivity index (χ4v) is 4.29. The lowest BCUT2D eigenvalue weighted by Gasteiger charge is -2.32. The van der Waals surface area contributed by atoms with Crippen molar-refractivity contribution in [2.24, 2.45) is 0 Å². The third kappa shape index (κ3) is 4.44. The van der Waals surface area contributed by atoms with E-state index in [9.17, 15) is 14.4 Å². The van der Waals surface area contributed by atoms with Crippen molar-refractivity contribution in [2.45, 2.75) is 39.3 Å². The molecule has 160 valence electrons. The van der Waals surface area contributed by atoms with Gasteiger partial charge in [0.05, 0.1) is 0 Å². The molecule has 1 aliphatic rings. The van der Waals surface area contributed by atoms with Crippen LogP contribution in [-0.4, -0.2) is 39.1 Å². The van der Waals surface area contributed by atoms with Crippen LogP contribution in [0.4, 0.5) is 0 Å². The van der Waals surface area contributed by atoms with E-state index in [-0.39, 0.29) is 11.7 Å². The lowest BCUT2D eigenvalue weighted by molar-refractivity contribution is 0.0817. The first-order chi connectivity index (χ1) is 14.9. The fraction of sp³-hybridized carbons (Fsp3) is 0.320. The normalized spacial score (nSPS) is 15.2. The summed E-state index contributed by atoms with van der Waals surface area (Å²) in [5, 5.41) is 0. The number of carbonyl (C=O) groups is 2. The van der Waals surface area contributed by atoms with Crippen LogP contribution in [0, 0.1) is 13.8 Å². The predicted octanol–water partition coefficient (Wildman–Crippen LogP) is 3.70. The van der Waals surface area contributed by atoms with Gasteiger partial charge >= 0.3 is 5.69 Å². The molecule has 1 fully saturated rings. The highest BCUT2D eigenvalue weighted by Gasteiger charge is 2.24. The molecule has 2 aromatic carbocycles. The highest BCUT2D eigenvalue weighted by molar-refractivity contribution is 6.49. The number of benzene rings is 2. The molecule has 0 saturated carbocycles. The van der Waals surface area contributed by atoms with Crippen LogP contribution >= 0.6 is 0 Å². The highest BCUT2D eigenvalue weighted by Crippen LogP contribution is 2.24. The number of aromatic nitrogens is 2. The van der Waals surface area contributed by atoms with Gasteiger partial charge in [-0.3, -0.25) is 19.1 Å². The van der Waals surface area contributed by atoms with Crippen LogP contribution in [0.1, 0.15) is 56.6 Å². The van der Waals surface area contributed by atoms with Crippen LogP contribution in [0.2, 0.25) is 0 Å². The number of carbonyl (C=O) groups excluding carboxylic acids is 2. The molecule has 2 heterocycles. The summed E-state index contributed by atoms with van der Waals surface area (Å²) in [4.78, 5) is 42.3. The largest absolute Gasteiger partial charge is 0.326 e. The molecular weight excluding hydrogens is 390 g/mol. The maximum Gasteiger partial charge on any atom is 0.326 e. The standard InChI is InChI=1S/C25H27N3O3/c1-17-18(2)28(25(31)26-17)22-12-14-27(15-13-22)16-19-8-10-21(11-9-19)24(30)23(29)20-6-4-3-5-7-20/h3-11,22H,12-16H2,1-2H3,(H,26,31). The summed E-state index contributed by atoms with van der Waals surface area (Å²) in [7, 11) is 0. The minimum atomic E-state index is -0.485. The molecule has 0 unspecified atom stereocenters. The van der Waals surface area contributed by atoms with Gasteiger partial charge in [0.15, 0.2) is 0 Å². The second-order valence-corrected chi connectivity index (χ2v) is 8.24. The number of rotatable bonds is 6. The number of likely N-dealkylation sites (tertiary alicyclic amines) is 1. The first-order valence-electron chi connectivity index (χ1n) is 10.7. The number of hydrogen-bond donors (Lipinski definition) is 1. The molecular formula is C25H27N3O3. The van der Waals surface area contributed by atoms with Crippen molar-refractivity contribution in [3.8, 4) is 0 Å². The second-order valence-electron chi connectivity index (χ2n) is 8.24. The van der Waals surface area contributed by atoms with Gasteiger partial charge in [-0.2, -0.15) is 0 Å². The molecule has 0 aliphatic carbocycles. The average molecular weight is 418 g/mol. The van der Waals surface area contributed by atoms with E-state index in [0.717, 1.165) is 49.4 Å². The van der Waals surface area contributed by atoms with E-state index in [0.29, 0.717) is 11.1 Å². The first-order valence-corrected chi connectivity index (χ1v) is 10.7. The van der Waals surface area contributed by atoms with Crippen LogP contribution in [0.3, 0.4) is 0 Å². The van der Waals surface area contributed by atoms with Gasteiger partial charge in [-0.05, 0) is 32.3 Å². The molecule has 31 heavy (non-hydrogen) atoms. The number of ketones is 2. The molecule has 0 spiro atoms. The van der Waals surface area contributed by atoms with Crippen LogP contribution < -0.4 is 5.69 Å². The fourth-order valence-electron chi connectivity index (χ4n) is 4.29. The van der Waals surface area contributed by atoms with Gasteiger partial charge in [-0.1, -0.05) is 54.6 Å². The van der Waals surface area contributed by atoms with Gasteiger partial charge in [-0.25, -0.2) is 4.79 Å². The monoisotopic (exact) mass is 417 g/mol. The zero-order valence-electron chi connectivity index (χ0n) is 17.9. The van der Waals surface area contributed by atoms with Crippen molar-refractivity contribution in [1.29, 1.82) is 0 Å². The Morgan fingerprint density at radius 1 is 0.903 bits per heavy atom. The van der Waals surface area contributed by atoms with Crippen LogP contribution in [-0.2, 0) is 6.54 Å². The Morgan fingerprint density at radius 2 is 1.48 bits per heavy atom. The lowest BCUT2D eigenvalue weighted by Crippen LogP contribution is -2.37. The number of nitrogens with one attached hydrogen (secondary N) is 1. The van der Waals surface area contributed by atoms with Crippen LogP contribution in [0.5, 0.6) is 0 Å². The van der Waals surface area contributed by atoms with Gasteiger partial charge in [0, 0.05) is 48.2 Å². The van der Waals surface area contributed by atoms with Crippen molar-refractivity contribution in [1.82, 2.24) is 14.5 Å². The van der Waals surface area contributed by atoms with Crippen molar-refractivity contribution in [2.75, 3.05) is 13.1 Å². The number of nitrogens with zero attached hydrogens (tertiary/aromatic N) is 2. The number of piperidine rings is 1. The number of hydrogen-bond acceptors (Lipinski definition) is 4. The number of aromatic amines is 1. The Hall–Kier alpha value is -3.25. The zero-order chi connectivity index (χ0) is 22.0. The number of Topliss-reactive ketones (excluding diaryl/α,β-unsaturated/α-hetero) is 2. The summed E-state index contributed by atoms with van der Waals surface area (Å²) in [5.74, 6) is -0.970. The third-order valence-corrected chi connectivity index (χ3v) is 6.20. The summed E-state index contributed by atoms with van der Waals surface area (Å²) in [6.07, 6.45) is 1.86. The Labute approximate surface area is 181 Å². The molecule has 0 bridgehead atoms. The molecule has 1 N–H and O–H groups in total. The Bertz CT molecular complexity index is 1140. The van der Waals surface area contributed by atoms with E-state index in [2.05, 4.69) is 9.88 Å². The zero-order valence-corrected chi connectivity index (χ0v) is 17.9. The van der Waals surface area contributed by atoms with E-state index in [1.54, 1.807) is 36.4 Å². The van der Waals surface area contributed by atoms with Gasteiger partial charge in [-0.15, -0.1) is 0 Å². The molecule has 0 radical (unpaired) electrons. The maximum absolute atomic E-state index is 12.5. The SMILES string of the molecule is Cc1[nH]c(=O)n(C2CCN(Cc3ccc(C(=O)C(=O)c4ccccc4)cc3)CC2)c1C. The van der Waals surface area contributed by atoms with E-state index < -0.39 is 11.6 Å². The Morgan fingerprint density at radius 3 is 2.03 bits per heavy atom. The molecule has 1 aliphatic heterocycles. The van der Waals surface area contributed by atoms with Gasteiger partial charge in [0.2, 0.25) is 11.6 Å². The topological polar surface area (TPSA) is 75.2 Å². The number of aryl methyl sites for hydroxylation is 1. The summed E-state index contributed by atoms with van der Waals surface area (Å²) in [6, 6.07) is 16.2. The summed E-state index contributed by atoms with van der Waals surface area (Å²) in [5.41, 5.74) is 3.87. The molecule has 6 nitrogen and oxygen atoms in total. The summed E-state index contributed by atoms with van der Waals surface area (Å²) in [6.45, 7) is 6.53. The molecule has 4 rings (SSSR count). The summed E-state index contributed by atoms with van der Waals surface area (Å²) >= 11 is 0. The highest BCUT2D eigenvalue weighted by atomic mass is 16.2. The van der Waals surface area contributed by atoms with Gasteiger partial charge < -0.3 is 4.98 Å². The van der Waals surface area contributed by atoms with Gasteiger partial charge in [0.25, 0.3) is 0 Å². The number of imidazole rings is 1. The van der Waals surface area contributed by atoms with Crippen molar-refractivity contribution < 1.29 is 9.59 Å². The average Bonchev–Trinajstić information content (AvgIpc) is 3.05. The molecule has 1 aromatic heterocycles. The quantitative estimate of drug-likeness (QED) is 0.490. The smallest absolute Gasteiger partial charge is 0.310 e. The van der Waals surface area contributed by atoms with Crippen molar-refractivity contribution >= 4 is 11.6 Å². The lowest BCUT2D eigenvalue weighted by atomic mass is 10.00. The minimum Gasteiger partial charge on any atom is -0.310 e. The van der Waals surface area contributed by atoms with Crippen molar-refractivity contribution in [3.63, 3.8) is 0 Å². The minimum absolute atomic E-state index is 0.0150. The summed E-state index contributed by atoms with van der Waals surface area (Å²) < 4.78 is 1.90. The van der Waals surface area contributed by atoms with E-state index in [4.69, 9.17) is 0 Å². The molecule has 6 heteroatoms.